The second kappa shape index (κ2) is 11.5. The first-order chi connectivity index (χ1) is 25.2. The minimum atomic E-state index is -0.360. The number of rotatable bonds is 5. The predicted molar refractivity (Wildman–Crippen MR) is 208 cm³/mol. The van der Waals surface area contributed by atoms with E-state index in [0.29, 0.717) is 5.82 Å². The fourth-order valence-corrected chi connectivity index (χ4v) is 8.13. The van der Waals surface area contributed by atoms with E-state index in [-0.39, 0.29) is 5.41 Å². The molecule has 3 nitrogen and oxygen atoms in total. The molecule has 1 aliphatic rings. The van der Waals surface area contributed by atoms with Crippen LogP contribution in [-0.4, -0.2) is 9.97 Å². The van der Waals surface area contributed by atoms with E-state index >= 15 is 0 Å². The van der Waals surface area contributed by atoms with Crippen molar-refractivity contribution in [1.29, 1.82) is 0 Å². The summed E-state index contributed by atoms with van der Waals surface area (Å²) in [6, 6.07) is 62.0. The lowest BCUT2D eigenvalue weighted by molar-refractivity contribution is 0.670. The highest BCUT2D eigenvalue weighted by Crippen LogP contribution is 2.55. The number of fused-ring (bicyclic) bond motifs is 6. The third-order valence-electron chi connectivity index (χ3n) is 10.6. The van der Waals surface area contributed by atoms with E-state index < -0.39 is 0 Å². The molecule has 7 aromatic carbocycles. The van der Waals surface area contributed by atoms with Crippen LogP contribution < -0.4 is 0 Å². The summed E-state index contributed by atoms with van der Waals surface area (Å²) in [5.74, 6) is 0.703. The Morgan fingerprint density at radius 1 is 0.451 bits per heavy atom. The average Bonchev–Trinajstić information content (AvgIpc) is 3.72. The van der Waals surface area contributed by atoms with Crippen molar-refractivity contribution in [3.8, 4) is 56.2 Å². The summed E-state index contributed by atoms with van der Waals surface area (Å²) in [5, 5.41) is 2.26. The Hall–Kier alpha value is -6.58. The fraction of sp³-hybridized carbons (Fsp3) is 0.0417. The molecule has 3 heteroatoms. The molecule has 0 amide bonds. The van der Waals surface area contributed by atoms with Gasteiger partial charge in [-0.2, -0.15) is 0 Å². The standard InChI is InChI=1S/C48H32N2O/c1-48(34-16-6-3-7-17-34)41-24-10-8-18-36(41)38-21-13-23-40(45(38)48)43-30-42(49-47(50-43)33-14-4-2-5-15-33)32-28-26-31(27-29-32)35-20-12-22-39-37-19-9-11-25-44(37)51-46(35)39/h2-30H,1H3. The number of benzene rings is 7. The van der Waals surface area contributed by atoms with Gasteiger partial charge in [-0.1, -0.05) is 164 Å². The van der Waals surface area contributed by atoms with E-state index in [2.05, 4.69) is 153 Å². The maximum absolute atomic E-state index is 6.37. The van der Waals surface area contributed by atoms with E-state index in [9.17, 15) is 0 Å². The highest BCUT2D eigenvalue weighted by atomic mass is 16.3. The van der Waals surface area contributed by atoms with E-state index in [4.69, 9.17) is 14.4 Å². The zero-order valence-corrected chi connectivity index (χ0v) is 28.0. The van der Waals surface area contributed by atoms with Gasteiger partial charge in [0.05, 0.1) is 11.4 Å². The summed E-state index contributed by atoms with van der Waals surface area (Å²) in [5.41, 5.74) is 14.9. The molecule has 0 fully saturated rings. The van der Waals surface area contributed by atoms with E-state index in [1.165, 1.54) is 27.8 Å². The monoisotopic (exact) mass is 652 g/mol. The number of para-hydroxylation sites is 2. The van der Waals surface area contributed by atoms with E-state index in [1.54, 1.807) is 0 Å². The van der Waals surface area contributed by atoms with Crippen molar-refractivity contribution < 1.29 is 4.42 Å². The van der Waals surface area contributed by atoms with Gasteiger partial charge in [0.2, 0.25) is 0 Å². The van der Waals surface area contributed by atoms with Gasteiger partial charge in [-0.25, -0.2) is 9.97 Å². The van der Waals surface area contributed by atoms with Gasteiger partial charge in [0.25, 0.3) is 0 Å². The minimum absolute atomic E-state index is 0.360. The van der Waals surface area contributed by atoms with Crippen LogP contribution >= 0.6 is 0 Å². The van der Waals surface area contributed by atoms with Crippen LogP contribution in [0.4, 0.5) is 0 Å². The molecule has 2 heterocycles. The molecule has 240 valence electrons. The van der Waals surface area contributed by atoms with Crippen molar-refractivity contribution in [2.75, 3.05) is 0 Å². The SMILES string of the molecule is CC1(c2ccccc2)c2ccccc2-c2cccc(-c3cc(-c4ccc(-c5cccc6c5oc5ccccc56)cc4)nc(-c4ccccc4)n3)c21. The Balaban J connectivity index is 1.15. The second-order valence-corrected chi connectivity index (χ2v) is 13.5. The lowest BCUT2D eigenvalue weighted by Gasteiger charge is -2.30. The Kier molecular flexibility index (Phi) is 6.62. The summed E-state index contributed by atoms with van der Waals surface area (Å²) >= 11 is 0. The number of furan rings is 1. The molecular formula is C48H32N2O. The van der Waals surface area contributed by atoms with Crippen LogP contribution in [-0.2, 0) is 5.41 Å². The molecule has 0 radical (unpaired) electrons. The maximum Gasteiger partial charge on any atom is 0.160 e. The third-order valence-corrected chi connectivity index (χ3v) is 10.6. The van der Waals surface area contributed by atoms with E-state index in [0.717, 1.165) is 61.1 Å². The van der Waals surface area contributed by atoms with Gasteiger partial charge < -0.3 is 4.42 Å². The van der Waals surface area contributed by atoms with Crippen LogP contribution in [0.5, 0.6) is 0 Å². The molecule has 1 atom stereocenters. The third kappa shape index (κ3) is 4.59. The first-order valence-corrected chi connectivity index (χ1v) is 17.4. The van der Waals surface area contributed by atoms with Crippen LogP contribution in [0.25, 0.3) is 78.1 Å². The number of hydrogen-bond acceptors (Lipinski definition) is 3. The van der Waals surface area contributed by atoms with Gasteiger partial charge in [-0.3, -0.25) is 0 Å². The smallest absolute Gasteiger partial charge is 0.160 e. The number of aromatic nitrogens is 2. The molecular weight excluding hydrogens is 621 g/mol. The molecule has 0 spiro atoms. The zero-order chi connectivity index (χ0) is 33.9. The largest absolute Gasteiger partial charge is 0.455 e. The summed E-state index contributed by atoms with van der Waals surface area (Å²) < 4.78 is 6.37. The normalized spacial score (nSPS) is 14.8. The highest BCUT2D eigenvalue weighted by Gasteiger charge is 2.42. The Labute approximate surface area is 296 Å². The molecule has 0 saturated carbocycles. The molecule has 1 unspecified atom stereocenters. The van der Waals surface area contributed by atoms with Crippen molar-refractivity contribution in [3.05, 3.63) is 193 Å². The number of hydrogen-bond donors (Lipinski definition) is 0. The molecule has 51 heavy (non-hydrogen) atoms. The van der Waals surface area contributed by atoms with Gasteiger partial charge in [-0.05, 0) is 52.4 Å². The van der Waals surface area contributed by atoms with Crippen molar-refractivity contribution in [1.82, 2.24) is 9.97 Å². The number of nitrogens with zero attached hydrogens (tertiary/aromatic N) is 2. The van der Waals surface area contributed by atoms with Crippen molar-refractivity contribution >= 4 is 21.9 Å². The summed E-state index contributed by atoms with van der Waals surface area (Å²) in [6.07, 6.45) is 0. The van der Waals surface area contributed by atoms with Crippen LogP contribution in [0, 0.1) is 0 Å². The first kappa shape index (κ1) is 29.3. The highest BCUT2D eigenvalue weighted by molar-refractivity contribution is 6.09. The van der Waals surface area contributed by atoms with E-state index in [1.807, 2.05) is 30.3 Å². The zero-order valence-electron chi connectivity index (χ0n) is 28.0. The van der Waals surface area contributed by atoms with Crippen molar-refractivity contribution in [2.24, 2.45) is 0 Å². The molecule has 10 rings (SSSR count). The lowest BCUT2D eigenvalue weighted by Crippen LogP contribution is -2.23. The maximum atomic E-state index is 6.37. The Bertz CT molecular complexity index is 2750. The molecule has 1 aliphatic carbocycles. The average molecular weight is 653 g/mol. The van der Waals surface area contributed by atoms with Gasteiger partial charge in [0.1, 0.15) is 11.2 Å². The fourth-order valence-electron chi connectivity index (χ4n) is 8.13. The molecule has 0 N–H and O–H groups in total. The molecule has 9 aromatic rings. The van der Waals surface area contributed by atoms with Gasteiger partial charge >= 0.3 is 0 Å². The summed E-state index contributed by atoms with van der Waals surface area (Å²) in [7, 11) is 0. The molecule has 2 aromatic heterocycles. The van der Waals surface area contributed by atoms with Crippen LogP contribution in [0.1, 0.15) is 23.6 Å². The quantitative estimate of drug-likeness (QED) is 0.186. The first-order valence-electron chi connectivity index (χ1n) is 17.4. The van der Waals surface area contributed by atoms with Crippen LogP contribution in [0.3, 0.4) is 0 Å². The van der Waals surface area contributed by atoms with Gasteiger partial charge in [0, 0.05) is 38.4 Å². The Morgan fingerprint density at radius 2 is 1.06 bits per heavy atom. The molecule has 0 saturated heterocycles. The van der Waals surface area contributed by atoms with Crippen molar-refractivity contribution in [2.45, 2.75) is 12.3 Å². The van der Waals surface area contributed by atoms with Gasteiger partial charge in [-0.15, -0.1) is 0 Å². The van der Waals surface area contributed by atoms with Gasteiger partial charge in [0.15, 0.2) is 5.82 Å². The second-order valence-electron chi connectivity index (χ2n) is 13.5. The Morgan fingerprint density at radius 3 is 1.90 bits per heavy atom. The topological polar surface area (TPSA) is 38.9 Å². The van der Waals surface area contributed by atoms with Crippen LogP contribution in [0.15, 0.2) is 180 Å². The summed E-state index contributed by atoms with van der Waals surface area (Å²) in [6.45, 7) is 2.36. The molecule has 0 bridgehead atoms. The van der Waals surface area contributed by atoms with Crippen molar-refractivity contribution in [3.63, 3.8) is 0 Å². The molecule has 0 aliphatic heterocycles. The summed E-state index contributed by atoms with van der Waals surface area (Å²) in [4.78, 5) is 10.5. The van der Waals surface area contributed by atoms with Crippen LogP contribution in [0.2, 0.25) is 0 Å². The lowest BCUT2D eigenvalue weighted by atomic mass is 9.72. The minimum Gasteiger partial charge on any atom is -0.455 e. The predicted octanol–water partition coefficient (Wildman–Crippen LogP) is 12.4.